The van der Waals surface area contributed by atoms with E-state index in [1.54, 1.807) is 0 Å². The van der Waals surface area contributed by atoms with E-state index in [0.29, 0.717) is 6.61 Å². The van der Waals surface area contributed by atoms with E-state index in [9.17, 15) is 0 Å². The molecule has 0 saturated heterocycles. The molecule has 2 N–H and O–H groups in total. The van der Waals surface area contributed by atoms with Crippen molar-refractivity contribution in [1.29, 1.82) is 0 Å². The van der Waals surface area contributed by atoms with Gasteiger partial charge in [0.15, 0.2) is 0 Å². The van der Waals surface area contributed by atoms with Crippen molar-refractivity contribution in [3.8, 4) is 0 Å². The molecule has 0 fully saturated rings. The monoisotopic (exact) mass is 109 g/mol. The van der Waals surface area contributed by atoms with Gasteiger partial charge in [0, 0.05) is 0 Å². The minimum absolute atomic E-state index is 0. The summed E-state index contributed by atoms with van der Waals surface area (Å²) in [6.07, 6.45) is 0. The first kappa shape index (κ1) is 15.7. The summed E-state index contributed by atoms with van der Waals surface area (Å²) >= 11 is 0. The van der Waals surface area contributed by atoms with E-state index in [-0.39, 0.29) is 59.1 Å². The second kappa shape index (κ2) is 15.8. The molecular formula is C2H9NNa2O. The molecule has 0 heterocycles. The molecule has 0 radical (unpaired) electrons. The molecule has 2 nitrogen and oxygen atoms in total. The Morgan fingerprint density at radius 1 is 1.50 bits per heavy atom. The van der Waals surface area contributed by atoms with E-state index < -0.39 is 0 Å². The van der Waals surface area contributed by atoms with Crippen molar-refractivity contribution in [2.45, 2.75) is 6.92 Å². The van der Waals surface area contributed by atoms with Gasteiger partial charge in [0.2, 0.25) is 0 Å². The first-order chi connectivity index (χ1) is 1.91. The molecule has 0 aromatic carbocycles. The molecule has 0 bridgehead atoms. The van der Waals surface area contributed by atoms with Gasteiger partial charge in [-0.25, -0.2) is 5.90 Å². The number of nitrogens with two attached hydrogens (primary N) is 1. The van der Waals surface area contributed by atoms with Gasteiger partial charge in [0.05, 0.1) is 6.61 Å². The van der Waals surface area contributed by atoms with Gasteiger partial charge in [-0.1, -0.05) is 0 Å². The molecule has 4 heteroatoms. The predicted octanol–water partition coefficient (Wildman–Crippen LogP) is -1.40. The SMILES string of the molecule is CCON.[NaH].[NaH]. The molecule has 0 unspecified atom stereocenters. The summed E-state index contributed by atoms with van der Waals surface area (Å²) in [4.78, 5) is 4.04. The third-order valence-corrected chi connectivity index (χ3v) is 0.167. The van der Waals surface area contributed by atoms with Crippen molar-refractivity contribution >= 4 is 59.1 Å². The van der Waals surface area contributed by atoms with Gasteiger partial charge in [-0.05, 0) is 6.92 Å². The number of hydrogen-bond acceptors (Lipinski definition) is 2. The Morgan fingerprint density at radius 3 is 1.67 bits per heavy atom. The van der Waals surface area contributed by atoms with Gasteiger partial charge in [0.25, 0.3) is 0 Å². The van der Waals surface area contributed by atoms with Crippen molar-refractivity contribution in [3.05, 3.63) is 0 Å². The Morgan fingerprint density at radius 2 is 1.67 bits per heavy atom. The van der Waals surface area contributed by atoms with Crippen LogP contribution in [0.5, 0.6) is 0 Å². The third kappa shape index (κ3) is 16.8. The molecule has 0 atom stereocenters. The summed E-state index contributed by atoms with van der Waals surface area (Å²) in [5.41, 5.74) is 0. The Bertz CT molecular complexity index is 13.5. The topological polar surface area (TPSA) is 35.2 Å². The van der Waals surface area contributed by atoms with Crippen LogP contribution in [0.2, 0.25) is 0 Å². The zero-order valence-corrected chi connectivity index (χ0v) is 2.69. The van der Waals surface area contributed by atoms with Gasteiger partial charge < -0.3 is 4.84 Å². The molecule has 0 saturated carbocycles. The van der Waals surface area contributed by atoms with Gasteiger partial charge >= 0.3 is 59.1 Å². The van der Waals surface area contributed by atoms with Crippen LogP contribution in [0.15, 0.2) is 0 Å². The van der Waals surface area contributed by atoms with Crippen LogP contribution in [0.25, 0.3) is 0 Å². The van der Waals surface area contributed by atoms with Crippen molar-refractivity contribution in [2.24, 2.45) is 5.90 Å². The molecule has 0 spiro atoms. The normalized spacial score (nSPS) is 5.00. The van der Waals surface area contributed by atoms with Crippen molar-refractivity contribution in [2.75, 3.05) is 6.61 Å². The second-order valence-electron chi connectivity index (χ2n) is 0.455. The summed E-state index contributed by atoms with van der Waals surface area (Å²) in [6, 6.07) is 0. The zero-order chi connectivity index (χ0) is 3.41. The van der Waals surface area contributed by atoms with E-state index in [2.05, 4.69) is 10.7 Å². The van der Waals surface area contributed by atoms with Crippen LogP contribution >= 0.6 is 0 Å². The molecule has 0 aromatic rings. The fourth-order valence-corrected chi connectivity index (χ4v) is 0. The van der Waals surface area contributed by atoms with E-state index in [1.807, 2.05) is 6.92 Å². The summed E-state index contributed by atoms with van der Waals surface area (Å²) in [5.74, 6) is 4.53. The van der Waals surface area contributed by atoms with E-state index >= 15 is 0 Å². The molecule has 0 aliphatic heterocycles. The fourth-order valence-electron chi connectivity index (χ4n) is 0. The maximum atomic E-state index is 4.53. The molecule has 0 rings (SSSR count). The average Bonchev–Trinajstić information content (AvgIpc) is 1.37. The van der Waals surface area contributed by atoms with E-state index in [0.717, 1.165) is 0 Å². The maximum absolute atomic E-state index is 4.53. The van der Waals surface area contributed by atoms with Crippen LogP contribution in [0.3, 0.4) is 0 Å². The zero-order valence-electron chi connectivity index (χ0n) is 2.69. The first-order valence-corrected chi connectivity index (χ1v) is 1.23. The minimum atomic E-state index is 0. The Kier molecular flexibility index (Phi) is 41.2. The van der Waals surface area contributed by atoms with Crippen LogP contribution in [-0.2, 0) is 4.84 Å². The Labute approximate surface area is 82.3 Å². The fraction of sp³-hybridized carbons (Fsp3) is 1.00. The van der Waals surface area contributed by atoms with Gasteiger partial charge in [-0.2, -0.15) is 0 Å². The molecule has 0 aliphatic carbocycles. The molecular weight excluding hydrogens is 100 g/mol. The van der Waals surface area contributed by atoms with E-state index in [1.165, 1.54) is 0 Å². The van der Waals surface area contributed by atoms with Crippen molar-refractivity contribution in [1.82, 2.24) is 0 Å². The quantitative estimate of drug-likeness (QED) is 0.332. The Hall–Kier alpha value is 1.92. The van der Waals surface area contributed by atoms with Crippen LogP contribution in [-0.4, -0.2) is 65.7 Å². The van der Waals surface area contributed by atoms with E-state index in [4.69, 9.17) is 0 Å². The van der Waals surface area contributed by atoms with Gasteiger partial charge in [0.1, 0.15) is 0 Å². The summed E-state index contributed by atoms with van der Waals surface area (Å²) in [5, 5.41) is 0. The van der Waals surface area contributed by atoms with Gasteiger partial charge in [-0.15, -0.1) is 0 Å². The second-order valence-corrected chi connectivity index (χ2v) is 0.455. The summed E-state index contributed by atoms with van der Waals surface area (Å²) in [6.45, 7) is 2.43. The average molecular weight is 109 g/mol. The molecule has 0 aromatic heterocycles. The van der Waals surface area contributed by atoms with Crippen LogP contribution < -0.4 is 5.90 Å². The van der Waals surface area contributed by atoms with Gasteiger partial charge in [-0.3, -0.25) is 0 Å². The number of rotatable bonds is 1. The Balaban J connectivity index is -0.0000000450. The summed E-state index contributed by atoms with van der Waals surface area (Å²) in [7, 11) is 0. The summed E-state index contributed by atoms with van der Waals surface area (Å²) < 4.78 is 0. The first-order valence-electron chi connectivity index (χ1n) is 1.23. The predicted molar refractivity (Wildman–Crippen MR) is 30.1 cm³/mol. The molecule has 0 aliphatic rings. The van der Waals surface area contributed by atoms with Crippen molar-refractivity contribution in [3.63, 3.8) is 0 Å². The molecule has 0 amide bonds. The number of hydrogen-bond donors (Lipinski definition) is 1. The van der Waals surface area contributed by atoms with Crippen LogP contribution in [0.4, 0.5) is 0 Å². The standard InChI is InChI=1S/C2H7NO.2Na.2H/c1-2-4-3;;;;/h2-3H2,1H3;;;;. The molecule has 30 valence electrons. The third-order valence-electron chi connectivity index (χ3n) is 0.167. The van der Waals surface area contributed by atoms with Crippen LogP contribution in [0.1, 0.15) is 6.92 Å². The van der Waals surface area contributed by atoms with Crippen molar-refractivity contribution < 1.29 is 4.84 Å². The molecule has 6 heavy (non-hydrogen) atoms. The van der Waals surface area contributed by atoms with Crippen LogP contribution in [0, 0.1) is 0 Å².